The summed E-state index contributed by atoms with van der Waals surface area (Å²) in [6.07, 6.45) is 0.889. The van der Waals surface area contributed by atoms with Crippen molar-refractivity contribution in [3.8, 4) is 0 Å². The first-order valence-corrected chi connectivity index (χ1v) is 11.3. The fourth-order valence-electron chi connectivity index (χ4n) is 2.78. The lowest BCUT2D eigenvalue weighted by atomic mass is 10.2. The van der Waals surface area contributed by atoms with Crippen LogP contribution in [0.25, 0.3) is 0 Å². The summed E-state index contributed by atoms with van der Waals surface area (Å²) in [5, 5.41) is 10.4. The Labute approximate surface area is 167 Å². The second-order valence-electron chi connectivity index (χ2n) is 6.30. The number of carbonyl (C=O) groups is 2. The summed E-state index contributed by atoms with van der Waals surface area (Å²) in [4.78, 5) is 24.5. The summed E-state index contributed by atoms with van der Waals surface area (Å²) in [6.45, 7) is 2.79. The van der Waals surface area contributed by atoms with E-state index >= 15 is 0 Å². The maximum atomic E-state index is 12.4. The smallest absolute Gasteiger partial charge is 0.241 e. The van der Waals surface area contributed by atoms with Crippen molar-refractivity contribution in [2.75, 3.05) is 17.6 Å². The quantitative estimate of drug-likeness (QED) is 0.672. The van der Waals surface area contributed by atoms with Crippen molar-refractivity contribution >= 4 is 41.2 Å². The number of thioether (sulfide) groups is 2. The molecule has 1 aliphatic rings. The average molecular weight is 405 g/mol. The van der Waals surface area contributed by atoms with Gasteiger partial charge < -0.3 is 10.6 Å². The van der Waals surface area contributed by atoms with Crippen LogP contribution >= 0.6 is 23.5 Å². The van der Waals surface area contributed by atoms with Gasteiger partial charge in [-0.2, -0.15) is 16.9 Å². The Morgan fingerprint density at radius 1 is 1.22 bits per heavy atom. The molecule has 0 spiro atoms. The summed E-state index contributed by atoms with van der Waals surface area (Å²) >= 11 is 3.35. The van der Waals surface area contributed by atoms with Gasteiger partial charge in [0.1, 0.15) is 12.4 Å². The molecule has 1 aromatic heterocycles. The van der Waals surface area contributed by atoms with Crippen LogP contribution < -0.4 is 10.6 Å². The summed E-state index contributed by atoms with van der Waals surface area (Å²) in [6, 6.07) is 10.1. The molecule has 0 bridgehead atoms. The summed E-state index contributed by atoms with van der Waals surface area (Å²) in [5.41, 5.74) is 3.21. The molecule has 0 atom stereocenters. The molecular weight excluding hydrogens is 380 g/mol. The monoisotopic (exact) mass is 404 g/mol. The van der Waals surface area contributed by atoms with Crippen LogP contribution in [-0.4, -0.2) is 33.9 Å². The van der Waals surface area contributed by atoms with Crippen LogP contribution in [-0.2, 0) is 33.4 Å². The molecule has 2 aromatic rings. The molecule has 8 heteroatoms. The molecule has 1 aliphatic heterocycles. The molecule has 0 saturated heterocycles. The van der Waals surface area contributed by atoms with Crippen molar-refractivity contribution in [3.63, 3.8) is 0 Å². The predicted octanol–water partition coefficient (Wildman–Crippen LogP) is 3.03. The van der Waals surface area contributed by atoms with E-state index in [-0.39, 0.29) is 18.4 Å². The Bertz CT molecular complexity index is 793. The van der Waals surface area contributed by atoms with Gasteiger partial charge in [0, 0.05) is 29.4 Å². The Kier molecular flexibility index (Phi) is 7.23. The molecule has 2 N–H and O–H groups in total. The largest absolute Gasteiger partial charge is 0.355 e. The molecule has 144 valence electrons. The van der Waals surface area contributed by atoms with E-state index in [0.717, 1.165) is 34.9 Å². The van der Waals surface area contributed by atoms with Gasteiger partial charge in [-0.25, -0.2) is 4.68 Å². The van der Waals surface area contributed by atoms with E-state index in [1.807, 2.05) is 25.1 Å². The van der Waals surface area contributed by atoms with Crippen molar-refractivity contribution in [2.45, 2.75) is 37.1 Å². The van der Waals surface area contributed by atoms with E-state index < -0.39 is 0 Å². The van der Waals surface area contributed by atoms with Crippen molar-refractivity contribution in [2.24, 2.45) is 0 Å². The Balaban J connectivity index is 1.59. The van der Waals surface area contributed by atoms with Crippen LogP contribution in [0.3, 0.4) is 0 Å². The number of aromatic nitrogens is 2. The van der Waals surface area contributed by atoms with E-state index in [2.05, 4.69) is 27.9 Å². The zero-order valence-corrected chi connectivity index (χ0v) is 17.0. The minimum Gasteiger partial charge on any atom is -0.355 e. The number of nitrogens with zero attached hydrogens (tertiary/aromatic N) is 2. The molecule has 0 aliphatic carbocycles. The molecule has 1 aromatic carbocycles. The lowest BCUT2D eigenvalue weighted by Gasteiger charge is -2.11. The van der Waals surface area contributed by atoms with E-state index in [1.54, 1.807) is 28.2 Å². The van der Waals surface area contributed by atoms with Crippen LogP contribution in [0.4, 0.5) is 5.82 Å². The standard InChI is InChI=1S/C19H24N4O2S2/c1-2-8-20-17(24)9-23-19(15-11-27-12-16(15)22-23)21-18(25)13-26-10-14-6-4-3-5-7-14/h3-7H,2,8-13H2,1H3,(H,20,24)(H,21,25). The van der Waals surface area contributed by atoms with Gasteiger partial charge in [0.15, 0.2) is 0 Å². The van der Waals surface area contributed by atoms with Crippen LogP contribution in [0.15, 0.2) is 30.3 Å². The second-order valence-corrected chi connectivity index (χ2v) is 8.27. The minimum atomic E-state index is -0.0837. The van der Waals surface area contributed by atoms with Crippen LogP contribution in [0.5, 0.6) is 0 Å². The molecule has 2 amide bonds. The Hall–Kier alpha value is -1.93. The summed E-state index contributed by atoms with van der Waals surface area (Å²) < 4.78 is 1.63. The van der Waals surface area contributed by atoms with E-state index in [9.17, 15) is 9.59 Å². The first-order valence-electron chi connectivity index (χ1n) is 9.02. The summed E-state index contributed by atoms with van der Waals surface area (Å²) in [5.74, 6) is 3.33. The maximum absolute atomic E-state index is 12.4. The van der Waals surface area contributed by atoms with E-state index in [0.29, 0.717) is 18.1 Å². The fourth-order valence-corrected chi connectivity index (χ4v) is 4.60. The zero-order valence-electron chi connectivity index (χ0n) is 15.4. The molecule has 0 unspecified atom stereocenters. The normalized spacial score (nSPS) is 12.6. The molecule has 6 nitrogen and oxygen atoms in total. The van der Waals surface area contributed by atoms with Crippen molar-refractivity contribution in [1.82, 2.24) is 15.1 Å². The number of hydrogen-bond donors (Lipinski definition) is 2. The van der Waals surface area contributed by atoms with Gasteiger partial charge in [-0.1, -0.05) is 37.3 Å². The topological polar surface area (TPSA) is 76.0 Å². The highest BCUT2D eigenvalue weighted by Gasteiger charge is 2.24. The number of anilines is 1. The van der Waals surface area contributed by atoms with Gasteiger partial charge in [0.25, 0.3) is 0 Å². The second kappa shape index (κ2) is 9.85. The third kappa shape index (κ3) is 5.52. The van der Waals surface area contributed by atoms with Crippen LogP contribution in [0.2, 0.25) is 0 Å². The lowest BCUT2D eigenvalue weighted by molar-refractivity contribution is -0.122. The molecule has 0 fully saturated rings. The number of benzene rings is 1. The van der Waals surface area contributed by atoms with Gasteiger partial charge in [-0.05, 0) is 12.0 Å². The molecule has 0 radical (unpaired) electrons. The van der Waals surface area contributed by atoms with Crippen LogP contribution in [0, 0.1) is 0 Å². The fraction of sp³-hybridized carbons (Fsp3) is 0.421. The maximum Gasteiger partial charge on any atom is 0.241 e. The predicted molar refractivity (Wildman–Crippen MR) is 112 cm³/mol. The third-order valence-corrected chi connectivity index (χ3v) is 6.06. The van der Waals surface area contributed by atoms with E-state index in [4.69, 9.17) is 0 Å². The van der Waals surface area contributed by atoms with Gasteiger partial charge >= 0.3 is 0 Å². The average Bonchev–Trinajstić information content (AvgIpc) is 3.24. The Morgan fingerprint density at radius 3 is 2.81 bits per heavy atom. The van der Waals surface area contributed by atoms with Crippen LogP contribution in [0.1, 0.15) is 30.2 Å². The molecule has 3 rings (SSSR count). The first-order chi connectivity index (χ1) is 13.2. The molecule has 27 heavy (non-hydrogen) atoms. The number of carbonyl (C=O) groups excluding carboxylic acids is 2. The van der Waals surface area contributed by atoms with Gasteiger partial charge in [0.2, 0.25) is 11.8 Å². The van der Waals surface area contributed by atoms with Gasteiger partial charge in [-0.3, -0.25) is 9.59 Å². The lowest BCUT2D eigenvalue weighted by Crippen LogP contribution is -2.29. The van der Waals surface area contributed by atoms with E-state index in [1.165, 1.54) is 5.56 Å². The Morgan fingerprint density at radius 2 is 2.04 bits per heavy atom. The highest BCUT2D eigenvalue weighted by atomic mass is 32.2. The highest BCUT2D eigenvalue weighted by molar-refractivity contribution is 7.99. The number of nitrogens with one attached hydrogen (secondary N) is 2. The SMILES string of the molecule is CCCNC(=O)Cn1nc2c(c1NC(=O)CSCc1ccccc1)CSC2. The number of fused-ring (bicyclic) bond motifs is 1. The number of rotatable bonds is 9. The molecular formula is C19H24N4O2S2. The first kappa shape index (κ1) is 19.8. The highest BCUT2D eigenvalue weighted by Crippen LogP contribution is 2.34. The minimum absolute atomic E-state index is 0.0641. The summed E-state index contributed by atoms with van der Waals surface area (Å²) in [7, 11) is 0. The zero-order chi connectivity index (χ0) is 19.1. The van der Waals surface area contributed by atoms with Crippen molar-refractivity contribution in [1.29, 1.82) is 0 Å². The number of hydrogen-bond acceptors (Lipinski definition) is 5. The van der Waals surface area contributed by atoms with Crippen molar-refractivity contribution < 1.29 is 9.59 Å². The molecule has 2 heterocycles. The molecule has 0 saturated carbocycles. The third-order valence-electron chi connectivity index (χ3n) is 4.09. The van der Waals surface area contributed by atoms with Gasteiger partial charge in [0.05, 0.1) is 11.4 Å². The number of amides is 2. The van der Waals surface area contributed by atoms with Gasteiger partial charge in [-0.15, -0.1) is 11.8 Å². The van der Waals surface area contributed by atoms with Crippen molar-refractivity contribution in [3.05, 3.63) is 47.2 Å².